The predicted molar refractivity (Wildman–Crippen MR) is 118 cm³/mol. The Hall–Kier alpha value is -3.49. The summed E-state index contributed by atoms with van der Waals surface area (Å²) in [6.45, 7) is -0.713. The summed E-state index contributed by atoms with van der Waals surface area (Å²) in [5, 5.41) is 4.22. The van der Waals surface area contributed by atoms with Gasteiger partial charge in [-0.3, -0.25) is 4.72 Å². The SMILES string of the molecule is Cc1nn(-c2ccccc2)c(C)c1S(=O)(=O)Nc1cc(OCC(F)(F)F)cc(OCC(F)(F)C(F)F)c1. The Bertz CT molecular complexity index is 1340. The second-order valence-corrected chi connectivity index (χ2v) is 9.42. The zero-order valence-electron chi connectivity index (χ0n) is 19.2. The first kappa shape index (κ1) is 28.1. The minimum atomic E-state index is -4.78. The van der Waals surface area contributed by atoms with Gasteiger partial charge in [0.25, 0.3) is 10.0 Å². The molecule has 1 heterocycles. The Kier molecular flexibility index (Phi) is 7.95. The molecule has 7 nitrogen and oxygen atoms in total. The van der Waals surface area contributed by atoms with E-state index >= 15 is 0 Å². The average molecular weight is 555 g/mol. The topological polar surface area (TPSA) is 82.5 Å². The Balaban J connectivity index is 1.96. The van der Waals surface area contributed by atoms with Crippen molar-refractivity contribution in [3.05, 3.63) is 59.9 Å². The number of alkyl halides is 7. The van der Waals surface area contributed by atoms with Gasteiger partial charge in [-0.25, -0.2) is 21.9 Å². The van der Waals surface area contributed by atoms with Crippen LogP contribution in [0.4, 0.5) is 36.4 Å². The molecule has 0 saturated heterocycles. The number of halogens is 7. The van der Waals surface area contributed by atoms with Gasteiger partial charge < -0.3 is 9.47 Å². The quantitative estimate of drug-likeness (QED) is 0.334. The fraction of sp³-hybridized carbons (Fsp3) is 0.318. The predicted octanol–water partition coefficient (Wildman–Crippen LogP) is 5.51. The molecule has 0 aliphatic rings. The number of sulfonamides is 1. The molecule has 0 unspecified atom stereocenters. The zero-order chi connectivity index (χ0) is 27.6. The van der Waals surface area contributed by atoms with Crippen molar-refractivity contribution in [3.63, 3.8) is 0 Å². The van der Waals surface area contributed by atoms with Crippen LogP contribution < -0.4 is 14.2 Å². The molecule has 202 valence electrons. The number of aromatic nitrogens is 2. The molecule has 1 N–H and O–H groups in total. The molecule has 0 bridgehead atoms. The lowest BCUT2D eigenvalue weighted by Crippen LogP contribution is -2.33. The summed E-state index contributed by atoms with van der Waals surface area (Å²) in [5.74, 6) is -5.81. The summed E-state index contributed by atoms with van der Waals surface area (Å²) < 4.78 is 128. The number of para-hydroxylation sites is 1. The molecular formula is C22H20F7N3O4S. The van der Waals surface area contributed by atoms with Crippen molar-refractivity contribution in [1.29, 1.82) is 0 Å². The number of anilines is 1. The molecule has 37 heavy (non-hydrogen) atoms. The summed E-state index contributed by atoms with van der Waals surface area (Å²) in [6.07, 6.45) is -8.85. The normalized spacial score (nSPS) is 12.6. The van der Waals surface area contributed by atoms with E-state index in [9.17, 15) is 39.2 Å². The Morgan fingerprint density at radius 3 is 2.05 bits per heavy atom. The maximum atomic E-state index is 13.3. The summed E-state index contributed by atoms with van der Waals surface area (Å²) in [6, 6.07) is 11.0. The van der Waals surface area contributed by atoms with Crippen LogP contribution in [0.3, 0.4) is 0 Å². The van der Waals surface area contributed by atoms with E-state index in [-0.39, 0.29) is 16.3 Å². The van der Waals surface area contributed by atoms with E-state index in [0.29, 0.717) is 5.69 Å². The van der Waals surface area contributed by atoms with Crippen molar-refractivity contribution < 1.29 is 48.6 Å². The summed E-state index contributed by atoms with van der Waals surface area (Å²) in [7, 11) is -4.43. The van der Waals surface area contributed by atoms with Crippen LogP contribution in [0.5, 0.6) is 11.5 Å². The first-order valence-electron chi connectivity index (χ1n) is 10.4. The number of hydrogen-bond acceptors (Lipinski definition) is 5. The van der Waals surface area contributed by atoms with Crippen LogP contribution in [-0.4, -0.2) is 49.9 Å². The second kappa shape index (κ2) is 10.5. The molecule has 0 spiro atoms. The highest BCUT2D eigenvalue weighted by atomic mass is 32.2. The van der Waals surface area contributed by atoms with Gasteiger partial charge in [-0.2, -0.15) is 27.1 Å². The van der Waals surface area contributed by atoms with Crippen molar-refractivity contribution >= 4 is 15.7 Å². The monoisotopic (exact) mass is 555 g/mol. The average Bonchev–Trinajstić information content (AvgIpc) is 3.10. The number of nitrogens with zero attached hydrogens (tertiary/aromatic N) is 2. The molecular weight excluding hydrogens is 535 g/mol. The van der Waals surface area contributed by atoms with Crippen molar-refractivity contribution in [3.8, 4) is 17.2 Å². The Morgan fingerprint density at radius 1 is 0.946 bits per heavy atom. The zero-order valence-corrected chi connectivity index (χ0v) is 20.0. The highest BCUT2D eigenvalue weighted by Crippen LogP contribution is 2.32. The van der Waals surface area contributed by atoms with Crippen molar-refractivity contribution in [2.45, 2.75) is 37.3 Å². The summed E-state index contributed by atoms with van der Waals surface area (Å²) in [4.78, 5) is -0.246. The minimum Gasteiger partial charge on any atom is -0.487 e. The van der Waals surface area contributed by atoms with E-state index in [1.807, 2.05) is 0 Å². The standard InChI is InChI=1S/C22H20F7N3O4S/c1-13-19(14(2)32(30-13)16-6-4-3-5-7-16)37(33,34)31-15-8-17(35-11-21(25,26)20(23)24)10-18(9-15)36-12-22(27,28)29/h3-10,20,31H,11-12H2,1-2H3. The van der Waals surface area contributed by atoms with Crippen molar-refractivity contribution in [2.75, 3.05) is 17.9 Å². The van der Waals surface area contributed by atoms with Gasteiger partial charge in [0.15, 0.2) is 13.2 Å². The molecule has 0 radical (unpaired) electrons. The minimum absolute atomic E-state index is 0.0892. The lowest BCUT2D eigenvalue weighted by atomic mass is 10.3. The molecule has 0 amide bonds. The van der Waals surface area contributed by atoms with Crippen molar-refractivity contribution in [1.82, 2.24) is 9.78 Å². The van der Waals surface area contributed by atoms with Crippen molar-refractivity contribution in [2.24, 2.45) is 0 Å². The van der Waals surface area contributed by atoms with Gasteiger partial charge in [-0.15, -0.1) is 0 Å². The third-order valence-corrected chi connectivity index (χ3v) is 6.41. The molecule has 2 aromatic carbocycles. The van der Waals surface area contributed by atoms with Crippen LogP contribution in [0.1, 0.15) is 11.4 Å². The number of rotatable bonds is 10. The molecule has 1 aromatic heterocycles. The van der Waals surface area contributed by atoms with Crippen LogP contribution in [0.2, 0.25) is 0 Å². The molecule has 0 fully saturated rings. The number of benzene rings is 2. The lowest BCUT2D eigenvalue weighted by molar-refractivity contribution is -0.153. The third-order valence-electron chi connectivity index (χ3n) is 4.78. The smallest absolute Gasteiger partial charge is 0.422 e. The van der Waals surface area contributed by atoms with Crippen LogP contribution >= 0.6 is 0 Å². The van der Waals surface area contributed by atoms with Gasteiger partial charge in [0.1, 0.15) is 16.4 Å². The van der Waals surface area contributed by atoms with E-state index in [0.717, 1.165) is 18.2 Å². The van der Waals surface area contributed by atoms with Gasteiger partial charge in [0.05, 0.1) is 22.8 Å². The van der Waals surface area contributed by atoms with Crippen LogP contribution in [0.25, 0.3) is 5.69 Å². The maximum absolute atomic E-state index is 13.3. The highest BCUT2D eigenvalue weighted by molar-refractivity contribution is 7.92. The van der Waals surface area contributed by atoms with E-state index in [2.05, 4.69) is 19.3 Å². The lowest BCUT2D eigenvalue weighted by Gasteiger charge is -2.18. The van der Waals surface area contributed by atoms with E-state index in [4.69, 9.17) is 0 Å². The van der Waals surface area contributed by atoms with E-state index in [1.54, 1.807) is 30.3 Å². The van der Waals surface area contributed by atoms with E-state index in [1.165, 1.54) is 18.5 Å². The molecule has 0 aliphatic carbocycles. The molecule has 3 rings (SSSR count). The summed E-state index contributed by atoms with van der Waals surface area (Å²) in [5.41, 5.74) is 0.421. The van der Waals surface area contributed by atoms with Crippen LogP contribution in [-0.2, 0) is 10.0 Å². The fourth-order valence-electron chi connectivity index (χ4n) is 3.25. The van der Waals surface area contributed by atoms with E-state index < -0.39 is 58.9 Å². The summed E-state index contributed by atoms with van der Waals surface area (Å²) >= 11 is 0. The first-order valence-corrected chi connectivity index (χ1v) is 11.9. The molecule has 0 saturated carbocycles. The number of hydrogen-bond donors (Lipinski definition) is 1. The molecule has 15 heteroatoms. The number of nitrogens with one attached hydrogen (secondary N) is 1. The Morgan fingerprint density at radius 2 is 1.51 bits per heavy atom. The largest absolute Gasteiger partial charge is 0.487 e. The van der Waals surface area contributed by atoms with Gasteiger partial charge in [0.2, 0.25) is 0 Å². The van der Waals surface area contributed by atoms with Crippen LogP contribution in [0.15, 0.2) is 53.4 Å². The Labute approximate surface area is 206 Å². The highest BCUT2D eigenvalue weighted by Gasteiger charge is 2.41. The number of aryl methyl sites for hydroxylation is 1. The van der Waals surface area contributed by atoms with Gasteiger partial charge in [0, 0.05) is 18.2 Å². The van der Waals surface area contributed by atoms with Gasteiger partial charge in [-0.1, -0.05) is 18.2 Å². The van der Waals surface area contributed by atoms with Gasteiger partial charge in [-0.05, 0) is 26.0 Å². The maximum Gasteiger partial charge on any atom is 0.422 e. The molecule has 0 aliphatic heterocycles. The molecule has 0 atom stereocenters. The first-order chi connectivity index (χ1) is 17.1. The number of ether oxygens (including phenoxy) is 2. The second-order valence-electron chi connectivity index (χ2n) is 7.80. The molecule has 3 aromatic rings. The van der Waals surface area contributed by atoms with Gasteiger partial charge >= 0.3 is 18.5 Å². The van der Waals surface area contributed by atoms with Crippen LogP contribution in [0, 0.1) is 13.8 Å². The third kappa shape index (κ3) is 7.05. The fourth-order valence-corrected chi connectivity index (χ4v) is 4.68.